The monoisotopic (exact) mass is 333 g/mol. The maximum Gasteiger partial charge on any atom is 0.262 e. The highest BCUT2D eigenvalue weighted by Gasteiger charge is 2.08. The molecule has 0 radical (unpaired) electrons. The highest BCUT2D eigenvalue weighted by molar-refractivity contribution is 7.90. The second kappa shape index (κ2) is 7.28. The van der Waals surface area contributed by atoms with Crippen LogP contribution >= 0.6 is 0 Å². The summed E-state index contributed by atoms with van der Waals surface area (Å²) in [5, 5.41) is 2.66. The smallest absolute Gasteiger partial charge is 0.262 e. The molecule has 6 heteroatoms. The molecule has 0 saturated heterocycles. The number of rotatable bonds is 6. The summed E-state index contributed by atoms with van der Waals surface area (Å²) in [5.41, 5.74) is 1.66. The van der Waals surface area contributed by atoms with Gasteiger partial charge in [-0.1, -0.05) is 19.1 Å². The van der Waals surface area contributed by atoms with Gasteiger partial charge in [-0.15, -0.1) is 0 Å². The average molecular weight is 333 g/mol. The van der Waals surface area contributed by atoms with E-state index in [1.54, 1.807) is 18.2 Å². The number of ether oxygens (including phenoxy) is 1. The molecule has 0 aromatic heterocycles. The molecular weight excluding hydrogens is 314 g/mol. The lowest BCUT2D eigenvalue weighted by Gasteiger charge is -2.09. The second-order valence-corrected chi connectivity index (χ2v) is 7.15. The number of nitrogens with one attached hydrogen (secondary N) is 1. The third kappa shape index (κ3) is 5.10. The van der Waals surface area contributed by atoms with Gasteiger partial charge in [0, 0.05) is 11.9 Å². The molecule has 23 heavy (non-hydrogen) atoms. The Morgan fingerprint density at radius 1 is 1.13 bits per heavy atom. The summed E-state index contributed by atoms with van der Waals surface area (Å²) in [6, 6.07) is 13.6. The number of hydrogen-bond donors (Lipinski definition) is 1. The molecule has 0 unspecified atom stereocenters. The van der Waals surface area contributed by atoms with Crippen LogP contribution in [0.1, 0.15) is 12.5 Å². The number of carbonyl (C=O) groups is 1. The lowest BCUT2D eigenvalue weighted by molar-refractivity contribution is -0.118. The van der Waals surface area contributed by atoms with Crippen molar-refractivity contribution in [1.29, 1.82) is 0 Å². The number of benzene rings is 2. The number of aryl methyl sites for hydroxylation is 1. The van der Waals surface area contributed by atoms with Gasteiger partial charge in [-0.25, -0.2) is 8.42 Å². The minimum atomic E-state index is -3.24. The van der Waals surface area contributed by atoms with E-state index < -0.39 is 9.84 Å². The molecule has 0 fully saturated rings. The molecule has 2 aromatic rings. The molecule has 0 saturated carbocycles. The Balaban J connectivity index is 1.92. The van der Waals surface area contributed by atoms with E-state index in [2.05, 4.69) is 5.32 Å². The lowest BCUT2D eigenvalue weighted by atomic mass is 10.2. The number of hydrogen-bond acceptors (Lipinski definition) is 4. The summed E-state index contributed by atoms with van der Waals surface area (Å²) in [5.74, 6) is 0.339. The van der Waals surface area contributed by atoms with Gasteiger partial charge in [0.2, 0.25) is 0 Å². The zero-order chi connectivity index (χ0) is 16.9. The van der Waals surface area contributed by atoms with E-state index in [0.29, 0.717) is 11.4 Å². The SMILES string of the molecule is CCc1cccc(OCC(=O)Nc2ccc(S(C)(=O)=O)cc2)c1. The first-order valence-corrected chi connectivity index (χ1v) is 9.09. The standard InChI is InChI=1S/C17H19NO4S/c1-3-13-5-4-6-15(11-13)22-12-17(19)18-14-7-9-16(10-8-14)23(2,20)21/h4-11H,3,12H2,1-2H3,(H,18,19). The van der Waals surface area contributed by atoms with E-state index >= 15 is 0 Å². The maximum absolute atomic E-state index is 11.9. The third-order valence-corrected chi connectivity index (χ3v) is 4.37. The fourth-order valence-corrected chi connectivity index (χ4v) is 2.62. The molecule has 2 aromatic carbocycles. The van der Waals surface area contributed by atoms with E-state index in [-0.39, 0.29) is 17.4 Å². The molecule has 1 N–H and O–H groups in total. The van der Waals surface area contributed by atoms with Gasteiger partial charge in [-0.2, -0.15) is 0 Å². The van der Waals surface area contributed by atoms with E-state index in [9.17, 15) is 13.2 Å². The molecule has 122 valence electrons. The highest BCUT2D eigenvalue weighted by atomic mass is 32.2. The number of carbonyl (C=O) groups excluding carboxylic acids is 1. The van der Waals surface area contributed by atoms with Crippen molar-refractivity contribution in [3.8, 4) is 5.75 Å². The topological polar surface area (TPSA) is 72.5 Å². The van der Waals surface area contributed by atoms with Crippen LogP contribution in [-0.2, 0) is 21.1 Å². The zero-order valence-corrected chi connectivity index (χ0v) is 13.9. The van der Waals surface area contributed by atoms with Gasteiger partial charge in [0.15, 0.2) is 16.4 Å². The fourth-order valence-electron chi connectivity index (χ4n) is 1.99. The maximum atomic E-state index is 11.9. The van der Waals surface area contributed by atoms with Crippen LogP contribution in [-0.4, -0.2) is 27.2 Å². The van der Waals surface area contributed by atoms with E-state index in [1.165, 1.54) is 12.1 Å². The van der Waals surface area contributed by atoms with Gasteiger partial charge in [-0.05, 0) is 48.4 Å². The van der Waals surface area contributed by atoms with E-state index in [1.807, 2.05) is 25.1 Å². The first-order chi connectivity index (χ1) is 10.9. The number of sulfone groups is 1. The normalized spacial score (nSPS) is 11.0. The Kier molecular flexibility index (Phi) is 5.39. The van der Waals surface area contributed by atoms with Gasteiger partial charge in [0.1, 0.15) is 5.75 Å². The van der Waals surface area contributed by atoms with Crippen LogP contribution in [0.3, 0.4) is 0 Å². The van der Waals surface area contributed by atoms with Crippen LogP contribution in [0.2, 0.25) is 0 Å². The molecule has 2 rings (SSSR count). The molecule has 0 aliphatic heterocycles. The Labute approximate surface area is 136 Å². The predicted octanol–water partition coefficient (Wildman–Crippen LogP) is 2.67. The van der Waals surface area contributed by atoms with Crippen molar-refractivity contribution < 1.29 is 17.9 Å². The number of amides is 1. The van der Waals surface area contributed by atoms with Gasteiger partial charge in [0.05, 0.1) is 4.90 Å². The van der Waals surface area contributed by atoms with Crippen LogP contribution in [0.25, 0.3) is 0 Å². The van der Waals surface area contributed by atoms with E-state index in [0.717, 1.165) is 18.2 Å². The Bertz CT molecular complexity index is 782. The Hall–Kier alpha value is -2.34. The summed E-state index contributed by atoms with van der Waals surface area (Å²) >= 11 is 0. The quantitative estimate of drug-likeness (QED) is 0.882. The molecule has 0 aliphatic carbocycles. The first kappa shape index (κ1) is 17.0. The Morgan fingerprint density at radius 2 is 1.83 bits per heavy atom. The van der Waals surface area contributed by atoms with Crippen LogP contribution in [0, 0.1) is 0 Å². The fraction of sp³-hybridized carbons (Fsp3) is 0.235. The second-order valence-electron chi connectivity index (χ2n) is 5.13. The summed E-state index contributed by atoms with van der Waals surface area (Å²) in [6.07, 6.45) is 2.04. The van der Waals surface area contributed by atoms with Crippen molar-refractivity contribution in [3.63, 3.8) is 0 Å². The molecule has 0 atom stereocenters. The molecular formula is C17H19NO4S. The van der Waals surface area contributed by atoms with Crippen LogP contribution < -0.4 is 10.1 Å². The summed E-state index contributed by atoms with van der Waals surface area (Å²) < 4.78 is 28.2. The van der Waals surface area contributed by atoms with Crippen molar-refractivity contribution in [2.24, 2.45) is 0 Å². The van der Waals surface area contributed by atoms with Crippen molar-refractivity contribution in [1.82, 2.24) is 0 Å². The molecule has 0 heterocycles. The van der Waals surface area contributed by atoms with Crippen molar-refractivity contribution in [3.05, 3.63) is 54.1 Å². The largest absolute Gasteiger partial charge is 0.484 e. The van der Waals surface area contributed by atoms with Gasteiger partial charge in [0.25, 0.3) is 5.91 Å². The van der Waals surface area contributed by atoms with Crippen LogP contribution in [0.5, 0.6) is 5.75 Å². The molecule has 0 spiro atoms. The molecule has 0 bridgehead atoms. The minimum Gasteiger partial charge on any atom is -0.484 e. The van der Waals surface area contributed by atoms with Gasteiger partial charge < -0.3 is 10.1 Å². The predicted molar refractivity (Wildman–Crippen MR) is 89.5 cm³/mol. The van der Waals surface area contributed by atoms with Gasteiger partial charge >= 0.3 is 0 Å². The van der Waals surface area contributed by atoms with Gasteiger partial charge in [-0.3, -0.25) is 4.79 Å². The molecule has 1 amide bonds. The van der Waals surface area contributed by atoms with Crippen LogP contribution in [0.15, 0.2) is 53.4 Å². The minimum absolute atomic E-state index is 0.110. The summed E-state index contributed by atoms with van der Waals surface area (Å²) in [4.78, 5) is 12.1. The highest BCUT2D eigenvalue weighted by Crippen LogP contribution is 2.15. The molecule has 5 nitrogen and oxygen atoms in total. The lowest BCUT2D eigenvalue weighted by Crippen LogP contribution is -2.20. The third-order valence-electron chi connectivity index (χ3n) is 3.24. The zero-order valence-electron chi connectivity index (χ0n) is 13.1. The van der Waals surface area contributed by atoms with Crippen molar-refractivity contribution in [2.45, 2.75) is 18.2 Å². The Morgan fingerprint density at radius 3 is 2.43 bits per heavy atom. The number of anilines is 1. The summed E-state index contributed by atoms with van der Waals surface area (Å²) in [7, 11) is -3.24. The first-order valence-electron chi connectivity index (χ1n) is 7.20. The summed E-state index contributed by atoms with van der Waals surface area (Å²) in [6.45, 7) is 1.94. The van der Waals surface area contributed by atoms with Crippen LogP contribution in [0.4, 0.5) is 5.69 Å². The van der Waals surface area contributed by atoms with Crippen molar-refractivity contribution >= 4 is 21.4 Å². The molecule has 0 aliphatic rings. The van der Waals surface area contributed by atoms with Crippen molar-refractivity contribution in [2.75, 3.05) is 18.2 Å². The average Bonchev–Trinajstić information content (AvgIpc) is 2.53. The van der Waals surface area contributed by atoms with E-state index in [4.69, 9.17) is 4.74 Å².